The molecule has 0 aliphatic carbocycles. The van der Waals surface area contributed by atoms with E-state index in [-0.39, 0.29) is 16.7 Å². The Bertz CT molecular complexity index is 693. The Labute approximate surface area is 197 Å². The highest BCUT2D eigenvalue weighted by Crippen LogP contribution is 2.47. The van der Waals surface area contributed by atoms with Crippen LogP contribution in [-0.4, -0.2) is 65.7 Å². The maximum absolute atomic E-state index is 12.2. The average Bonchev–Trinajstić information content (AvgIpc) is 3.02. The molecule has 0 N–H and O–H groups in total. The van der Waals surface area contributed by atoms with Crippen LogP contribution in [-0.2, 0) is 32.6 Å². The minimum Gasteiger partial charge on any atom is -0.428 e. The Morgan fingerprint density at radius 2 is 1.38 bits per heavy atom. The number of carbonyl (C=O) groups is 1. The molecule has 2 fully saturated rings. The van der Waals surface area contributed by atoms with Crippen LogP contribution in [0.2, 0.25) is 36.3 Å². The van der Waals surface area contributed by atoms with Crippen LogP contribution < -0.4 is 0 Å². The zero-order valence-corrected chi connectivity index (χ0v) is 24.5. The molecular weight excluding hydrogens is 444 g/mol. The van der Waals surface area contributed by atoms with Gasteiger partial charge in [0.1, 0.15) is 18.8 Å². The molecule has 2 saturated heterocycles. The molecule has 9 heteroatoms. The summed E-state index contributed by atoms with van der Waals surface area (Å²) in [5.41, 5.74) is 0. The second-order valence-electron chi connectivity index (χ2n) is 12.7. The van der Waals surface area contributed by atoms with Crippen molar-refractivity contribution in [3.05, 3.63) is 0 Å². The fourth-order valence-electron chi connectivity index (χ4n) is 3.40. The Morgan fingerprint density at radius 3 is 1.84 bits per heavy atom. The van der Waals surface area contributed by atoms with Gasteiger partial charge in [0.2, 0.25) is 0 Å². The van der Waals surface area contributed by atoms with E-state index >= 15 is 0 Å². The molecule has 32 heavy (non-hydrogen) atoms. The van der Waals surface area contributed by atoms with Crippen molar-refractivity contribution in [1.82, 2.24) is 0 Å². The Kier molecular flexibility index (Phi) is 7.62. The van der Waals surface area contributed by atoms with Gasteiger partial charge in [-0.15, -0.1) is 0 Å². The average molecular weight is 491 g/mol. The molecule has 4 atom stereocenters. The minimum absolute atomic E-state index is 0.000428. The molecule has 0 spiro atoms. The van der Waals surface area contributed by atoms with E-state index in [0.717, 1.165) is 0 Å². The van der Waals surface area contributed by atoms with E-state index in [9.17, 15) is 4.79 Å². The highest BCUT2D eigenvalue weighted by molar-refractivity contribution is 6.74. The lowest BCUT2D eigenvalue weighted by atomic mass is 10.1. The zero-order valence-electron chi connectivity index (χ0n) is 22.5. The lowest BCUT2D eigenvalue weighted by molar-refractivity contribution is -0.292. The first-order chi connectivity index (χ1) is 14.1. The SMILES string of the molecule is CC(=O)OC1(CO[Si](C)(C)C(C)(C)C)O[C@H](CO[Si](C)(C)C(C)(C)C)[C@H]2OC(C)(C)O[C@H]21. The summed E-state index contributed by atoms with van der Waals surface area (Å²) >= 11 is 0. The third kappa shape index (κ3) is 5.85. The van der Waals surface area contributed by atoms with Crippen molar-refractivity contribution in [2.45, 2.75) is 128 Å². The molecule has 2 aliphatic rings. The van der Waals surface area contributed by atoms with Crippen LogP contribution in [0.3, 0.4) is 0 Å². The second-order valence-corrected chi connectivity index (χ2v) is 22.3. The molecule has 0 aromatic heterocycles. The van der Waals surface area contributed by atoms with Crippen molar-refractivity contribution in [3.8, 4) is 0 Å². The van der Waals surface area contributed by atoms with Gasteiger partial charge >= 0.3 is 5.97 Å². The van der Waals surface area contributed by atoms with E-state index in [2.05, 4.69) is 67.7 Å². The Balaban J connectivity index is 2.33. The molecule has 2 heterocycles. The van der Waals surface area contributed by atoms with Gasteiger partial charge in [-0.3, -0.25) is 4.79 Å². The van der Waals surface area contributed by atoms with Gasteiger partial charge in [-0.1, -0.05) is 41.5 Å². The second kappa shape index (κ2) is 8.73. The number of rotatable bonds is 7. The normalized spacial score (nSPS) is 31.0. The smallest absolute Gasteiger partial charge is 0.305 e. The van der Waals surface area contributed by atoms with Crippen molar-refractivity contribution < 1.29 is 32.6 Å². The number of hydrogen-bond donors (Lipinski definition) is 0. The summed E-state index contributed by atoms with van der Waals surface area (Å²) in [6.45, 7) is 27.4. The van der Waals surface area contributed by atoms with E-state index in [0.29, 0.717) is 6.61 Å². The molecule has 0 aromatic carbocycles. The van der Waals surface area contributed by atoms with E-state index < -0.39 is 52.5 Å². The number of fused-ring (bicyclic) bond motifs is 1. The van der Waals surface area contributed by atoms with E-state index in [1.165, 1.54) is 6.92 Å². The summed E-state index contributed by atoms with van der Waals surface area (Å²) in [5, 5.41) is 0.0648. The highest BCUT2D eigenvalue weighted by atomic mass is 28.4. The molecule has 188 valence electrons. The fourth-order valence-corrected chi connectivity index (χ4v) is 5.40. The van der Waals surface area contributed by atoms with Crippen molar-refractivity contribution in [2.75, 3.05) is 13.2 Å². The summed E-state index contributed by atoms with van der Waals surface area (Å²) < 4.78 is 37.7. The number of hydrogen-bond acceptors (Lipinski definition) is 7. The van der Waals surface area contributed by atoms with Gasteiger partial charge in [-0.25, -0.2) is 0 Å². The Morgan fingerprint density at radius 1 is 0.875 bits per heavy atom. The predicted octanol–water partition coefficient (Wildman–Crippen LogP) is 5.21. The first-order valence-electron chi connectivity index (χ1n) is 11.6. The first kappa shape index (κ1) is 27.9. The van der Waals surface area contributed by atoms with Crippen LogP contribution in [0, 0.1) is 0 Å². The van der Waals surface area contributed by atoms with Crippen LogP contribution >= 0.6 is 0 Å². The molecule has 0 saturated carbocycles. The van der Waals surface area contributed by atoms with Gasteiger partial charge in [0.15, 0.2) is 28.5 Å². The number of esters is 1. The fraction of sp³-hybridized carbons (Fsp3) is 0.957. The van der Waals surface area contributed by atoms with Crippen LogP contribution in [0.15, 0.2) is 0 Å². The van der Waals surface area contributed by atoms with Crippen molar-refractivity contribution >= 4 is 22.6 Å². The predicted molar refractivity (Wildman–Crippen MR) is 129 cm³/mol. The molecule has 1 unspecified atom stereocenters. The summed E-state index contributed by atoms with van der Waals surface area (Å²) in [7, 11) is -4.15. The van der Waals surface area contributed by atoms with Gasteiger partial charge in [-0.2, -0.15) is 0 Å². The van der Waals surface area contributed by atoms with Gasteiger partial charge in [0, 0.05) is 6.92 Å². The van der Waals surface area contributed by atoms with Gasteiger partial charge in [0.25, 0.3) is 5.79 Å². The molecule has 2 rings (SSSR count). The molecule has 0 bridgehead atoms. The standard InChI is InChI=1S/C23H46O7Si2/c1-16(24)27-23(15-26-32(12,13)21(5,6)7)19-18(29-22(8,9)30-19)17(28-23)14-25-31(10,11)20(2,3)4/h17-19H,14-15H2,1-13H3/t17-,18-,19-,23?/m1/s1. The highest BCUT2D eigenvalue weighted by Gasteiger charge is 2.66. The van der Waals surface area contributed by atoms with E-state index in [1.807, 2.05) is 13.8 Å². The van der Waals surface area contributed by atoms with Crippen LogP contribution in [0.1, 0.15) is 62.3 Å². The summed E-state index contributed by atoms with van der Waals surface area (Å²) in [4.78, 5) is 12.2. The monoisotopic (exact) mass is 490 g/mol. The van der Waals surface area contributed by atoms with Crippen molar-refractivity contribution in [2.24, 2.45) is 0 Å². The third-order valence-corrected chi connectivity index (χ3v) is 16.4. The van der Waals surface area contributed by atoms with Gasteiger partial charge in [0.05, 0.1) is 6.61 Å². The lowest BCUT2D eigenvalue weighted by Crippen LogP contribution is -2.54. The largest absolute Gasteiger partial charge is 0.428 e. The topological polar surface area (TPSA) is 72.5 Å². The zero-order chi connectivity index (χ0) is 25.0. The number of carbonyl (C=O) groups excluding carboxylic acids is 1. The number of ether oxygens (including phenoxy) is 4. The van der Waals surface area contributed by atoms with Crippen LogP contribution in [0.5, 0.6) is 0 Å². The minimum atomic E-state index is -2.14. The van der Waals surface area contributed by atoms with E-state index in [1.54, 1.807) is 0 Å². The van der Waals surface area contributed by atoms with Gasteiger partial charge < -0.3 is 27.8 Å². The van der Waals surface area contributed by atoms with E-state index in [4.69, 9.17) is 27.8 Å². The van der Waals surface area contributed by atoms with Crippen molar-refractivity contribution in [1.29, 1.82) is 0 Å². The quantitative estimate of drug-likeness (QED) is 0.358. The summed E-state index contributed by atoms with van der Waals surface area (Å²) in [5.74, 6) is -2.64. The molecule has 0 amide bonds. The maximum atomic E-state index is 12.2. The summed E-state index contributed by atoms with van der Waals surface area (Å²) in [6, 6.07) is 0. The maximum Gasteiger partial charge on any atom is 0.305 e. The molecule has 0 aromatic rings. The lowest BCUT2D eigenvalue weighted by Gasteiger charge is -2.41. The van der Waals surface area contributed by atoms with Crippen LogP contribution in [0.25, 0.3) is 0 Å². The molecule has 2 aliphatic heterocycles. The third-order valence-electron chi connectivity index (χ3n) is 7.45. The van der Waals surface area contributed by atoms with Crippen LogP contribution in [0.4, 0.5) is 0 Å². The molecule has 7 nitrogen and oxygen atoms in total. The first-order valence-corrected chi connectivity index (χ1v) is 17.5. The molecule has 0 radical (unpaired) electrons. The van der Waals surface area contributed by atoms with Crippen molar-refractivity contribution in [3.63, 3.8) is 0 Å². The Hall–Kier alpha value is -0.296. The summed E-state index contributed by atoms with van der Waals surface area (Å²) in [6.07, 6.45) is -1.45. The van der Waals surface area contributed by atoms with Gasteiger partial charge in [-0.05, 0) is 50.1 Å². The molecular formula is C23H46O7Si2.